The van der Waals surface area contributed by atoms with Crippen molar-refractivity contribution in [3.05, 3.63) is 16.1 Å². The van der Waals surface area contributed by atoms with E-state index in [1.165, 1.54) is 12.3 Å². The van der Waals surface area contributed by atoms with Crippen LogP contribution in [-0.4, -0.2) is 4.98 Å². The van der Waals surface area contributed by atoms with Gasteiger partial charge in [-0.3, -0.25) is 0 Å². The van der Waals surface area contributed by atoms with Crippen molar-refractivity contribution in [2.75, 3.05) is 0 Å². The average Bonchev–Trinajstić information content (AvgIpc) is 2.39. The van der Waals surface area contributed by atoms with Crippen molar-refractivity contribution in [3.63, 3.8) is 0 Å². The van der Waals surface area contributed by atoms with Crippen molar-refractivity contribution in [3.8, 4) is 0 Å². The van der Waals surface area contributed by atoms with Crippen LogP contribution in [0.15, 0.2) is 5.38 Å². The first-order chi connectivity index (χ1) is 5.50. The van der Waals surface area contributed by atoms with Crippen LogP contribution in [0.3, 0.4) is 0 Å². The molecule has 1 heterocycles. The number of aryl methyl sites for hydroxylation is 1. The molecule has 0 aliphatic carbocycles. The lowest BCUT2D eigenvalue weighted by Crippen LogP contribution is -2.03. The topological polar surface area (TPSA) is 12.9 Å². The first-order valence-electron chi connectivity index (χ1n) is 3.49. The van der Waals surface area contributed by atoms with Crippen molar-refractivity contribution >= 4 is 11.3 Å². The fourth-order valence-electron chi connectivity index (χ4n) is 0.484. The molecule has 0 N–H and O–H groups in total. The number of rotatable bonds is 0. The standard InChI is InChI=1S/C5H4F3NS.C2H6/c1-3-2-10-4(9-3)5(6,7)8;1-2/h2H,1H3;1-2H3. The van der Waals surface area contributed by atoms with E-state index in [2.05, 4.69) is 4.98 Å². The van der Waals surface area contributed by atoms with Crippen molar-refractivity contribution in [1.82, 2.24) is 4.98 Å². The highest BCUT2D eigenvalue weighted by Gasteiger charge is 2.33. The predicted octanol–water partition coefficient (Wildman–Crippen LogP) is 3.50. The summed E-state index contributed by atoms with van der Waals surface area (Å²) >= 11 is 0.620. The zero-order valence-corrected chi connectivity index (χ0v) is 7.88. The van der Waals surface area contributed by atoms with Crippen molar-refractivity contribution in [2.24, 2.45) is 0 Å². The molecule has 0 atom stereocenters. The molecule has 1 aromatic heterocycles. The van der Waals surface area contributed by atoms with E-state index in [4.69, 9.17) is 0 Å². The van der Waals surface area contributed by atoms with Gasteiger partial charge in [0.05, 0.1) is 0 Å². The van der Waals surface area contributed by atoms with Gasteiger partial charge in [0.15, 0.2) is 5.01 Å². The molecule has 0 bridgehead atoms. The number of nitrogens with zero attached hydrogens (tertiary/aromatic N) is 1. The Hall–Kier alpha value is -0.580. The number of halogens is 3. The summed E-state index contributed by atoms with van der Waals surface area (Å²) in [4.78, 5) is 3.28. The Morgan fingerprint density at radius 3 is 2.00 bits per heavy atom. The van der Waals surface area contributed by atoms with Crippen LogP contribution in [0.4, 0.5) is 13.2 Å². The predicted molar refractivity (Wildman–Crippen MR) is 43.2 cm³/mol. The number of aromatic nitrogens is 1. The van der Waals surface area contributed by atoms with Gasteiger partial charge in [-0.15, -0.1) is 11.3 Å². The Kier molecular flexibility index (Phi) is 4.23. The quantitative estimate of drug-likeness (QED) is 0.620. The lowest BCUT2D eigenvalue weighted by Gasteiger charge is -1.98. The molecular weight excluding hydrogens is 187 g/mol. The Bertz CT molecular complexity index is 229. The molecule has 0 unspecified atom stereocenters. The molecule has 0 amide bonds. The Morgan fingerprint density at radius 1 is 1.33 bits per heavy atom. The van der Waals surface area contributed by atoms with E-state index in [1.54, 1.807) is 0 Å². The second-order valence-electron chi connectivity index (χ2n) is 1.79. The molecule has 0 radical (unpaired) electrons. The molecule has 70 valence electrons. The minimum absolute atomic E-state index is 0.414. The molecule has 1 rings (SSSR count). The summed E-state index contributed by atoms with van der Waals surface area (Å²) < 4.78 is 35.2. The third kappa shape index (κ3) is 3.21. The van der Waals surface area contributed by atoms with Gasteiger partial charge in [0.25, 0.3) is 0 Å². The van der Waals surface area contributed by atoms with E-state index in [9.17, 15) is 13.2 Å². The van der Waals surface area contributed by atoms with Gasteiger partial charge in [0.1, 0.15) is 0 Å². The molecule has 0 saturated heterocycles. The van der Waals surface area contributed by atoms with Gasteiger partial charge in [0, 0.05) is 11.1 Å². The molecular formula is C7H10F3NS. The number of hydrogen-bond donors (Lipinski definition) is 0. The Balaban J connectivity index is 0.000000561. The van der Waals surface area contributed by atoms with Gasteiger partial charge < -0.3 is 0 Å². The second-order valence-corrected chi connectivity index (χ2v) is 2.65. The fraction of sp³-hybridized carbons (Fsp3) is 0.571. The summed E-state index contributed by atoms with van der Waals surface area (Å²) in [6.07, 6.45) is -4.28. The van der Waals surface area contributed by atoms with Gasteiger partial charge in [-0.25, -0.2) is 4.98 Å². The Labute approximate surface area is 73.3 Å². The highest BCUT2D eigenvalue weighted by molar-refractivity contribution is 7.09. The molecule has 1 aromatic rings. The van der Waals surface area contributed by atoms with Crippen LogP contribution in [0.5, 0.6) is 0 Å². The summed E-state index contributed by atoms with van der Waals surface area (Å²) in [5, 5.41) is 0.605. The van der Waals surface area contributed by atoms with Gasteiger partial charge in [-0.2, -0.15) is 13.2 Å². The number of hydrogen-bond acceptors (Lipinski definition) is 2. The maximum absolute atomic E-state index is 11.7. The van der Waals surface area contributed by atoms with Crippen molar-refractivity contribution < 1.29 is 13.2 Å². The van der Waals surface area contributed by atoms with Crippen molar-refractivity contribution in [1.29, 1.82) is 0 Å². The van der Waals surface area contributed by atoms with Crippen LogP contribution in [0, 0.1) is 6.92 Å². The van der Waals surface area contributed by atoms with Gasteiger partial charge in [-0.1, -0.05) is 13.8 Å². The minimum atomic E-state index is -4.28. The summed E-state index contributed by atoms with van der Waals surface area (Å²) in [5.74, 6) is 0. The number of alkyl halides is 3. The molecule has 0 aliphatic heterocycles. The summed E-state index contributed by atoms with van der Waals surface area (Å²) in [6, 6.07) is 0. The third-order valence-electron chi connectivity index (χ3n) is 0.862. The van der Waals surface area contributed by atoms with Crippen LogP contribution in [-0.2, 0) is 6.18 Å². The van der Waals surface area contributed by atoms with Crippen LogP contribution < -0.4 is 0 Å². The molecule has 5 heteroatoms. The van der Waals surface area contributed by atoms with E-state index in [1.807, 2.05) is 13.8 Å². The zero-order chi connectivity index (χ0) is 9.78. The summed E-state index contributed by atoms with van der Waals surface area (Å²) in [6.45, 7) is 5.53. The van der Waals surface area contributed by atoms with E-state index < -0.39 is 11.2 Å². The average molecular weight is 197 g/mol. The van der Waals surface area contributed by atoms with E-state index in [-0.39, 0.29) is 0 Å². The maximum Gasteiger partial charge on any atom is 0.443 e. The summed E-state index contributed by atoms with van der Waals surface area (Å²) in [7, 11) is 0. The van der Waals surface area contributed by atoms with Crippen LogP contribution >= 0.6 is 11.3 Å². The van der Waals surface area contributed by atoms with Crippen LogP contribution in [0.2, 0.25) is 0 Å². The molecule has 0 aromatic carbocycles. The molecule has 0 spiro atoms. The lowest BCUT2D eigenvalue weighted by atomic mass is 10.6. The monoisotopic (exact) mass is 197 g/mol. The van der Waals surface area contributed by atoms with E-state index >= 15 is 0 Å². The van der Waals surface area contributed by atoms with Crippen molar-refractivity contribution in [2.45, 2.75) is 26.9 Å². The Morgan fingerprint density at radius 2 is 1.83 bits per heavy atom. The molecule has 0 fully saturated rings. The second kappa shape index (κ2) is 4.45. The highest BCUT2D eigenvalue weighted by atomic mass is 32.1. The lowest BCUT2D eigenvalue weighted by molar-refractivity contribution is -0.137. The zero-order valence-electron chi connectivity index (χ0n) is 7.07. The number of thiazole rings is 1. The smallest absolute Gasteiger partial charge is 0.238 e. The van der Waals surface area contributed by atoms with E-state index in [0.29, 0.717) is 17.0 Å². The molecule has 0 saturated carbocycles. The molecule has 0 aliphatic rings. The van der Waals surface area contributed by atoms with Crippen LogP contribution in [0.25, 0.3) is 0 Å². The summed E-state index contributed by atoms with van der Waals surface area (Å²) in [5.41, 5.74) is 0.414. The first-order valence-corrected chi connectivity index (χ1v) is 4.37. The first kappa shape index (κ1) is 11.4. The van der Waals surface area contributed by atoms with E-state index in [0.717, 1.165) is 0 Å². The molecule has 1 nitrogen and oxygen atoms in total. The SMILES string of the molecule is CC.Cc1csc(C(F)(F)F)n1. The largest absolute Gasteiger partial charge is 0.443 e. The fourth-order valence-corrected chi connectivity index (χ4v) is 1.15. The third-order valence-corrected chi connectivity index (χ3v) is 1.87. The highest BCUT2D eigenvalue weighted by Crippen LogP contribution is 2.31. The molecule has 12 heavy (non-hydrogen) atoms. The van der Waals surface area contributed by atoms with Gasteiger partial charge in [0.2, 0.25) is 0 Å². The van der Waals surface area contributed by atoms with Gasteiger partial charge in [-0.05, 0) is 6.92 Å². The van der Waals surface area contributed by atoms with Gasteiger partial charge >= 0.3 is 6.18 Å². The minimum Gasteiger partial charge on any atom is -0.238 e. The normalized spacial score (nSPS) is 10.5. The maximum atomic E-state index is 11.7. The van der Waals surface area contributed by atoms with Crippen LogP contribution in [0.1, 0.15) is 24.5 Å².